The first-order valence-corrected chi connectivity index (χ1v) is 9.94. The highest BCUT2D eigenvalue weighted by atomic mass is 16.5. The monoisotopic (exact) mass is 391 g/mol. The minimum atomic E-state index is -0.411. The van der Waals surface area contributed by atoms with E-state index < -0.39 is 11.5 Å². The normalized spacial score (nSPS) is 15.7. The van der Waals surface area contributed by atoms with Crippen LogP contribution in [0.15, 0.2) is 48.5 Å². The Hall–Kier alpha value is -3.22. The number of nitrogens with one attached hydrogen (secondary N) is 1. The molecular weight excluding hydrogens is 366 g/mol. The molecule has 1 aliphatic carbocycles. The van der Waals surface area contributed by atoms with Crippen LogP contribution in [-0.2, 0) is 10.3 Å². The second-order valence-electron chi connectivity index (χ2n) is 7.56. The zero-order valence-corrected chi connectivity index (χ0v) is 16.8. The minimum Gasteiger partial charge on any atom is -0.465 e. The largest absolute Gasteiger partial charge is 0.465 e. The molecule has 1 fully saturated rings. The number of rotatable bonds is 5. The van der Waals surface area contributed by atoms with Crippen molar-refractivity contribution in [2.75, 3.05) is 12.4 Å². The van der Waals surface area contributed by atoms with Gasteiger partial charge in [0.2, 0.25) is 0 Å². The Morgan fingerprint density at radius 3 is 2.66 bits per heavy atom. The van der Waals surface area contributed by atoms with E-state index >= 15 is 0 Å². The number of aryl methyl sites for hydroxylation is 1. The first-order valence-electron chi connectivity index (χ1n) is 9.94. The number of ether oxygens (including phenoxy) is 1. The zero-order valence-electron chi connectivity index (χ0n) is 16.8. The van der Waals surface area contributed by atoms with Crippen molar-refractivity contribution in [3.05, 3.63) is 65.5 Å². The maximum Gasteiger partial charge on any atom is 0.340 e. The van der Waals surface area contributed by atoms with E-state index in [9.17, 15) is 4.79 Å². The Morgan fingerprint density at radius 1 is 1.10 bits per heavy atom. The summed E-state index contributed by atoms with van der Waals surface area (Å²) in [4.78, 5) is 12.3. The highest BCUT2D eigenvalue weighted by Crippen LogP contribution is 2.40. The fourth-order valence-electron chi connectivity index (χ4n) is 4.15. The molecule has 1 N–H and O–H groups in total. The Balaban J connectivity index is 1.81. The molecule has 29 heavy (non-hydrogen) atoms. The van der Waals surface area contributed by atoms with Crippen LogP contribution in [0.3, 0.4) is 0 Å². The van der Waals surface area contributed by atoms with E-state index in [2.05, 4.69) is 46.0 Å². The van der Waals surface area contributed by atoms with Gasteiger partial charge in [0.1, 0.15) is 0 Å². The first-order chi connectivity index (χ1) is 14.1. The zero-order chi connectivity index (χ0) is 20.3. The lowest BCUT2D eigenvalue weighted by atomic mass is 9.80. The van der Waals surface area contributed by atoms with Crippen molar-refractivity contribution < 1.29 is 9.53 Å². The number of esters is 1. The summed E-state index contributed by atoms with van der Waals surface area (Å²) >= 11 is 0. The van der Waals surface area contributed by atoms with Gasteiger partial charge >= 0.3 is 5.97 Å². The van der Waals surface area contributed by atoms with Gasteiger partial charge in [-0.2, -0.15) is 4.68 Å². The van der Waals surface area contributed by atoms with Gasteiger partial charge in [-0.25, -0.2) is 4.79 Å². The fourth-order valence-corrected chi connectivity index (χ4v) is 4.15. The molecule has 0 spiro atoms. The van der Waals surface area contributed by atoms with Crippen LogP contribution in [0.1, 0.15) is 53.8 Å². The van der Waals surface area contributed by atoms with Crippen molar-refractivity contribution in [3.8, 4) is 5.69 Å². The lowest BCUT2D eigenvalue weighted by Crippen LogP contribution is -2.40. The van der Waals surface area contributed by atoms with Gasteiger partial charge in [0.05, 0.1) is 23.9 Å². The summed E-state index contributed by atoms with van der Waals surface area (Å²) in [5.74, 6) is 0.307. The van der Waals surface area contributed by atoms with Crippen LogP contribution in [-0.4, -0.2) is 33.3 Å². The number of benzene rings is 2. The molecule has 1 aromatic heterocycles. The molecule has 1 heterocycles. The fraction of sp³-hybridized carbons (Fsp3) is 0.364. The molecule has 3 aromatic rings. The van der Waals surface area contributed by atoms with Crippen molar-refractivity contribution in [3.63, 3.8) is 0 Å². The second kappa shape index (κ2) is 8.03. The quantitative estimate of drug-likeness (QED) is 0.661. The van der Waals surface area contributed by atoms with Crippen LogP contribution in [0.5, 0.6) is 0 Å². The molecule has 0 saturated heterocycles. The number of para-hydroxylation sites is 1. The molecule has 0 atom stereocenters. The first kappa shape index (κ1) is 19.1. The highest BCUT2D eigenvalue weighted by Gasteiger charge is 2.39. The minimum absolute atomic E-state index is 0.404. The summed E-state index contributed by atoms with van der Waals surface area (Å²) in [5.41, 5.74) is 2.89. The van der Waals surface area contributed by atoms with E-state index in [0.717, 1.165) is 37.2 Å². The standard InChI is InChI=1S/C22H25N5O2/c1-16-9-8-10-17(15-16)23-22(13-6-3-7-14-22)21-24-25-26-27(21)19-12-5-4-11-18(19)20(28)29-2/h4-5,8-12,15,23H,3,6-7,13-14H2,1-2H3. The van der Waals surface area contributed by atoms with Crippen LogP contribution in [0, 0.1) is 6.92 Å². The number of anilines is 1. The number of aromatic nitrogens is 4. The van der Waals surface area contributed by atoms with Gasteiger partial charge in [-0.1, -0.05) is 43.5 Å². The van der Waals surface area contributed by atoms with E-state index in [4.69, 9.17) is 4.74 Å². The average molecular weight is 391 g/mol. The topological polar surface area (TPSA) is 81.9 Å². The molecule has 4 rings (SSSR count). The van der Waals surface area contributed by atoms with Gasteiger partial charge in [0.25, 0.3) is 0 Å². The van der Waals surface area contributed by atoms with Gasteiger partial charge in [0, 0.05) is 5.69 Å². The molecule has 2 aromatic carbocycles. The Morgan fingerprint density at radius 2 is 1.90 bits per heavy atom. The predicted octanol–water partition coefficient (Wildman–Crippen LogP) is 4.03. The van der Waals surface area contributed by atoms with Gasteiger partial charge < -0.3 is 10.1 Å². The Kier molecular flexibility index (Phi) is 5.29. The molecule has 1 saturated carbocycles. The van der Waals surface area contributed by atoms with Crippen molar-refractivity contribution in [2.45, 2.75) is 44.6 Å². The van der Waals surface area contributed by atoms with Gasteiger partial charge in [0.15, 0.2) is 5.82 Å². The summed E-state index contributed by atoms with van der Waals surface area (Å²) in [6.07, 6.45) is 5.20. The molecule has 0 amide bonds. The van der Waals surface area contributed by atoms with Crippen molar-refractivity contribution in [1.82, 2.24) is 20.2 Å². The van der Waals surface area contributed by atoms with Crippen LogP contribution >= 0.6 is 0 Å². The van der Waals surface area contributed by atoms with Gasteiger partial charge in [-0.3, -0.25) is 0 Å². The molecule has 1 aliphatic rings. The third-order valence-electron chi connectivity index (χ3n) is 5.54. The molecular formula is C22H25N5O2. The van der Waals surface area contributed by atoms with Crippen molar-refractivity contribution >= 4 is 11.7 Å². The number of hydrogen-bond donors (Lipinski definition) is 1. The summed E-state index contributed by atoms with van der Waals surface area (Å²) < 4.78 is 6.64. The van der Waals surface area contributed by atoms with Crippen LogP contribution in [0.25, 0.3) is 5.69 Å². The van der Waals surface area contributed by atoms with Gasteiger partial charge in [-0.05, 0) is 60.0 Å². The lowest BCUT2D eigenvalue weighted by molar-refractivity contribution is 0.0600. The number of hydrogen-bond acceptors (Lipinski definition) is 6. The maximum absolute atomic E-state index is 12.3. The number of carbonyl (C=O) groups is 1. The van der Waals surface area contributed by atoms with Crippen molar-refractivity contribution in [2.24, 2.45) is 0 Å². The van der Waals surface area contributed by atoms with E-state index in [1.54, 1.807) is 16.8 Å². The third-order valence-corrected chi connectivity index (χ3v) is 5.54. The molecule has 7 heteroatoms. The number of tetrazole rings is 1. The van der Waals surface area contributed by atoms with Crippen LogP contribution in [0.4, 0.5) is 5.69 Å². The molecule has 7 nitrogen and oxygen atoms in total. The lowest BCUT2D eigenvalue weighted by Gasteiger charge is -2.37. The SMILES string of the molecule is COC(=O)c1ccccc1-n1nnnc1C1(Nc2cccc(C)c2)CCCCC1. The third kappa shape index (κ3) is 3.72. The highest BCUT2D eigenvalue weighted by molar-refractivity contribution is 5.93. The second-order valence-corrected chi connectivity index (χ2v) is 7.56. The molecule has 0 aliphatic heterocycles. The molecule has 0 radical (unpaired) electrons. The van der Waals surface area contributed by atoms with E-state index in [1.165, 1.54) is 19.1 Å². The van der Waals surface area contributed by atoms with E-state index in [0.29, 0.717) is 11.3 Å². The van der Waals surface area contributed by atoms with E-state index in [-0.39, 0.29) is 0 Å². The van der Waals surface area contributed by atoms with Crippen LogP contribution < -0.4 is 5.32 Å². The summed E-state index contributed by atoms with van der Waals surface area (Å²) in [7, 11) is 1.38. The number of methoxy groups -OCH3 is 1. The molecule has 150 valence electrons. The maximum atomic E-state index is 12.3. The van der Waals surface area contributed by atoms with Crippen LogP contribution in [0.2, 0.25) is 0 Å². The Bertz CT molecular complexity index is 1010. The Labute approximate surface area is 170 Å². The summed E-state index contributed by atoms with van der Waals surface area (Å²) in [6.45, 7) is 2.08. The van der Waals surface area contributed by atoms with Gasteiger partial charge in [-0.15, -0.1) is 5.10 Å². The predicted molar refractivity (Wildman–Crippen MR) is 110 cm³/mol. The number of carbonyl (C=O) groups excluding carboxylic acids is 1. The van der Waals surface area contributed by atoms with Crippen molar-refractivity contribution in [1.29, 1.82) is 0 Å². The van der Waals surface area contributed by atoms with E-state index in [1.807, 2.05) is 18.2 Å². The average Bonchev–Trinajstić information content (AvgIpc) is 3.24. The summed E-state index contributed by atoms with van der Waals surface area (Å²) in [5, 5.41) is 16.4. The number of nitrogens with zero attached hydrogens (tertiary/aromatic N) is 4. The summed E-state index contributed by atoms with van der Waals surface area (Å²) in [6, 6.07) is 15.6. The molecule has 0 bridgehead atoms. The smallest absolute Gasteiger partial charge is 0.340 e. The molecule has 0 unspecified atom stereocenters.